The van der Waals surface area contributed by atoms with Crippen molar-refractivity contribution >= 4 is 5.91 Å². The summed E-state index contributed by atoms with van der Waals surface area (Å²) in [5, 5.41) is 10.1. The maximum Gasteiger partial charge on any atom is 0.257 e. The van der Waals surface area contributed by atoms with Crippen LogP contribution in [-0.2, 0) is 6.54 Å². The second-order valence-corrected chi connectivity index (χ2v) is 7.35. The molecule has 1 aliphatic rings. The summed E-state index contributed by atoms with van der Waals surface area (Å²) in [6.07, 6.45) is 0. The smallest absolute Gasteiger partial charge is 0.257 e. The zero-order valence-corrected chi connectivity index (χ0v) is 16.3. The third-order valence-electron chi connectivity index (χ3n) is 5.15. The van der Waals surface area contributed by atoms with E-state index in [1.807, 2.05) is 0 Å². The van der Waals surface area contributed by atoms with Crippen molar-refractivity contribution in [3.8, 4) is 11.5 Å². The Hall–Kier alpha value is -2.53. The predicted octanol–water partition coefficient (Wildman–Crippen LogP) is 3.48. The molecule has 0 radical (unpaired) electrons. The molecular weight excluding hydrogens is 340 g/mol. The highest BCUT2D eigenvalue weighted by Crippen LogP contribution is 2.25. The molecule has 0 atom stereocenters. The Labute approximate surface area is 161 Å². The van der Waals surface area contributed by atoms with E-state index in [1.165, 1.54) is 24.3 Å². The summed E-state index contributed by atoms with van der Waals surface area (Å²) in [6, 6.07) is 13.6. The monoisotopic (exact) mass is 368 g/mol. The first-order chi connectivity index (χ1) is 13.0. The van der Waals surface area contributed by atoms with E-state index < -0.39 is 0 Å². The number of hydrogen-bond acceptors (Lipinski definition) is 4. The van der Waals surface area contributed by atoms with Gasteiger partial charge in [-0.15, -0.1) is 0 Å². The fourth-order valence-electron chi connectivity index (χ4n) is 3.36. The second kappa shape index (κ2) is 8.44. The molecule has 1 saturated heterocycles. The number of carbonyl (C=O) groups is 1. The number of rotatable bonds is 5. The van der Waals surface area contributed by atoms with Crippen molar-refractivity contribution < 1.29 is 14.6 Å². The summed E-state index contributed by atoms with van der Waals surface area (Å²) in [5.74, 6) is 0.920. The van der Waals surface area contributed by atoms with Gasteiger partial charge in [0.15, 0.2) is 0 Å². The summed E-state index contributed by atoms with van der Waals surface area (Å²) in [6.45, 7) is 8.28. The number of carbonyl (C=O) groups excluding carboxylic acids is 1. The topological polar surface area (TPSA) is 53.0 Å². The molecule has 0 bridgehead atoms. The first-order valence-corrected chi connectivity index (χ1v) is 9.45. The number of piperazine rings is 1. The molecule has 0 unspecified atom stereocenters. The number of phenolic OH excluding ortho intramolecular Hbond substituents is 1. The molecule has 27 heavy (non-hydrogen) atoms. The van der Waals surface area contributed by atoms with E-state index >= 15 is 0 Å². The predicted molar refractivity (Wildman–Crippen MR) is 106 cm³/mol. The van der Waals surface area contributed by atoms with Gasteiger partial charge < -0.3 is 14.7 Å². The summed E-state index contributed by atoms with van der Waals surface area (Å²) >= 11 is 0. The van der Waals surface area contributed by atoms with Crippen LogP contribution < -0.4 is 4.74 Å². The van der Waals surface area contributed by atoms with E-state index in [2.05, 4.69) is 43.0 Å². The first kappa shape index (κ1) is 19.2. The molecule has 5 heteroatoms. The molecule has 0 saturated carbocycles. The van der Waals surface area contributed by atoms with E-state index in [0.29, 0.717) is 30.3 Å². The van der Waals surface area contributed by atoms with Crippen LogP contribution in [0.2, 0.25) is 0 Å². The lowest BCUT2D eigenvalue weighted by atomic mass is 10.0. The SMILES string of the molecule is COc1ccc(C(=O)N2CCN(Cc3ccc(C(C)C)cc3)CC2)c(O)c1. The van der Waals surface area contributed by atoms with Gasteiger partial charge in [0.2, 0.25) is 0 Å². The number of hydrogen-bond donors (Lipinski definition) is 1. The largest absolute Gasteiger partial charge is 0.507 e. The van der Waals surface area contributed by atoms with Gasteiger partial charge >= 0.3 is 0 Å². The van der Waals surface area contributed by atoms with Gasteiger partial charge in [-0.25, -0.2) is 0 Å². The highest BCUT2D eigenvalue weighted by Gasteiger charge is 2.24. The third kappa shape index (κ3) is 4.61. The number of phenols is 1. The number of methoxy groups -OCH3 is 1. The lowest BCUT2D eigenvalue weighted by Crippen LogP contribution is -2.48. The van der Waals surface area contributed by atoms with Crippen LogP contribution in [0.5, 0.6) is 11.5 Å². The number of amides is 1. The Morgan fingerprint density at radius 2 is 1.74 bits per heavy atom. The van der Waals surface area contributed by atoms with Crippen molar-refractivity contribution in [2.24, 2.45) is 0 Å². The van der Waals surface area contributed by atoms with Crippen molar-refractivity contribution in [1.82, 2.24) is 9.80 Å². The van der Waals surface area contributed by atoms with Gasteiger partial charge in [0.05, 0.1) is 12.7 Å². The molecule has 1 aliphatic heterocycles. The molecule has 0 spiro atoms. The molecule has 1 N–H and O–H groups in total. The van der Waals surface area contributed by atoms with Gasteiger partial charge in [0, 0.05) is 38.8 Å². The van der Waals surface area contributed by atoms with Crippen LogP contribution in [0, 0.1) is 0 Å². The van der Waals surface area contributed by atoms with E-state index in [0.717, 1.165) is 19.6 Å². The molecule has 5 nitrogen and oxygen atoms in total. The molecule has 1 fully saturated rings. The molecule has 2 aromatic carbocycles. The maximum absolute atomic E-state index is 12.7. The standard InChI is InChI=1S/C22H28N2O3/c1-16(2)18-6-4-17(5-7-18)15-23-10-12-24(13-11-23)22(26)20-9-8-19(27-3)14-21(20)25/h4-9,14,16,25H,10-13,15H2,1-3H3. The van der Waals surface area contributed by atoms with E-state index in [4.69, 9.17) is 4.74 Å². The molecule has 0 aliphatic carbocycles. The number of aromatic hydroxyl groups is 1. The molecule has 3 rings (SSSR count). The first-order valence-electron chi connectivity index (χ1n) is 9.45. The van der Waals surface area contributed by atoms with Gasteiger partial charge in [-0.3, -0.25) is 9.69 Å². The van der Waals surface area contributed by atoms with Gasteiger partial charge in [-0.05, 0) is 29.2 Å². The van der Waals surface area contributed by atoms with Crippen LogP contribution in [0.3, 0.4) is 0 Å². The second-order valence-electron chi connectivity index (χ2n) is 7.35. The molecule has 1 heterocycles. The number of benzene rings is 2. The Balaban J connectivity index is 1.56. The zero-order chi connectivity index (χ0) is 19.4. The highest BCUT2D eigenvalue weighted by atomic mass is 16.5. The van der Waals surface area contributed by atoms with Crippen molar-refractivity contribution in [2.75, 3.05) is 33.3 Å². The van der Waals surface area contributed by atoms with Crippen LogP contribution in [0.25, 0.3) is 0 Å². The minimum atomic E-state index is -0.129. The highest BCUT2D eigenvalue weighted by molar-refractivity contribution is 5.97. The van der Waals surface area contributed by atoms with Crippen LogP contribution in [0.4, 0.5) is 0 Å². The van der Waals surface area contributed by atoms with Gasteiger partial charge in [-0.2, -0.15) is 0 Å². The van der Waals surface area contributed by atoms with E-state index in [1.54, 1.807) is 17.0 Å². The van der Waals surface area contributed by atoms with Gasteiger partial charge in [0.25, 0.3) is 5.91 Å². The average molecular weight is 368 g/mol. The molecule has 144 valence electrons. The lowest BCUT2D eigenvalue weighted by molar-refractivity contribution is 0.0625. The van der Waals surface area contributed by atoms with Crippen LogP contribution >= 0.6 is 0 Å². The minimum Gasteiger partial charge on any atom is -0.507 e. The van der Waals surface area contributed by atoms with Crippen LogP contribution in [0.15, 0.2) is 42.5 Å². The van der Waals surface area contributed by atoms with Crippen LogP contribution in [0.1, 0.15) is 41.3 Å². The van der Waals surface area contributed by atoms with Crippen molar-refractivity contribution in [3.05, 3.63) is 59.2 Å². The fraction of sp³-hybridized carbons (Fsp3) is 0.409. The molecule has 0 aromatic heterocycles. The van der Waals surface area contributed by atoms with Crippen molar-refractivity contribution in [2.45, 2.75) is 26.3 Å². The van der Waals surface area contributed by atoms with Gasteiger partial charge in [0.1, 0.15) is 11.5 Å². The average Bonchev–Trinajstić information content (AvgIpc) is 2.68. The fourth-order valence-corrected chi connectivity index (χ4v) is 3.36. The molecular formula is C22H28N2O3. The van der Waals surface area contributed by atoms with Crippen molar-refractivity contribution in [3.63, 3.8) is 0 Å². The number of ether oxygens (including phenoxy) is 1. The van der Waals surface area contributed by atoms with Crippen molar-refractivity contribution in [1.29, 1.82) is 0 Å². The Morgan fingerprint density at radius 3 is 2.30 bits per heavy atom. The summed E-state index contributed by atoms with van der Waals surface area (Å²) in [4.78, 5) is 16.9. The summed E-state index contributed by atoms with van der Waals surface area (Å²) < 4.78 is 5.07. The lowest BCUT2D eigenvalue weighted by Gasteiger charge is -2.35. The zero-order valence-electron chi connectivity index (χ0n) is 16.3. The Kier molecular flexibility index (Phi) is 6.01. The Bertz CT molecular complexity index is 779. The minimum absolute atomic E-state index is 0.0352. The Morgan fingerprint density at radius 1 is 1.07 bits per heavy atom. The molecule has 1 amide bonds. The van der Waals surface area contributed by atoms with Gasteiger partial charge in [-0.1, -0.05) is 38.1 Å². The quantitative estimate of drug-likeness (QED) is 0.878. The number of nitrogens with zero attached hydrogens (tertiary/aromatic N) is 2. The third-order valence-corrected chi connectivity index (χ3v) is 5.15. The molecule has 2 aromatic rings. The summed E-state index contributed by atoms with van der Waals surface area (Å²) in [5.41, 5.74) is 2.98. The van der Waals surface area contributed by atoms with Crippen LogP contribution in [-0.4, -0.2) is 54.1 Å². The van der Waals surface area contributed by atoms with E-state index in [9.17, 15) is 9.90 Å². The summed E-state index contributed by atoms with van der Waals surface area (Å²) in [7, 11) is 1.53. The maximum atomic E-state index is 12.7. The van der Waals surface area contributed by atoms with E-state index in [-0.39, 0.29) is 11.7 Å². The normalized spacial score (nSPS) is 15.2.